The zero-order chi connectivity index (χ0) is 23.0. The summed E-state index contributed by atoms with van der Waals surface area (Å²) in [6.07, 6.45) is 0.365. The predicted molar refractivity (Wildman–Crippen MR) is 110 cm³/mol. The molecule has 2 aliphatic rings. The van der Waals surface area contributed by atoms with Crippen LogP contribution in [0.15, 0.2) is 24.5 Å². The smallest absolute Gasteiger partial charge is 0.333 e. The van der Waals surface area contributed by atoms with Gasteiger partial charge in [-0.05, 0) is 42.5 Å². The van der Waals surface area contributed by atoms with Crippen molar-refractivity contribution in [3.05, 3.63) is 47.3 Å². The Morgan fingerprint density at radius 2 is 1.78 bits per heavy atom. The first-order valence-electron chi connectivity index (χ1n) is 9.97. The number of nitrogens with one attached hydrogen (secondary N) is 2. The monoisotopic (exact) mass is 471 g/mol. The van der Waals surface area contributed by atoms with E-state index in [9.17, 15) is 27.4 Å². The summed E-state index contributed by atoms with van der Waals surface area (Å²) < 4.78 is 53.6. The lowest BCUT2D eigenvalue weighted by Gasteiger charge is -2.19. The molecule has 2 aliphatic carbocycles. The van der Waals surface area contributed by atoms with Gasteiger partial charge in [0.15, 0.2) is 11.6 Å². The Morgan fingerprint density at radius 3 is 2.50 bits per heavy atom. The van der Waals surface area contributed by atoms with Crippen molar-refractivity contribution in [2.24, 2.45) is 11.1 Å². The maximum atomic E-state index is 13.7. The molecule has 32 heavy (non-hydrogen) atoms. The van der Waals surface area contributed by atoms with Gasteiger partial charge in [0.05, 0.1) is 24.8 Å². The molecule has 1 heterocycles. The molecule has 1 aromatic heterocycles. The van der Waals surface area contributed by atoms with Gasteiger partial charge in [-0.25, -0.2) is 23.9 Å². The second-order valence-electron chi connectivity index (χ2n) is 7.99. The first-order chi connectivity index (χ1) is 15.1. The van der Waals surface area contributed by atoms with E-state index >= 15 is 0 Å². The maximum absolute atomic E-state index is 13.7. The van der Waals surface area contributed by atoms with E-state index in [4.69, 9.17) is 5.14 Å². The molecule has 0 radical (unpaired) electrons. The van der Waals surface area contributed by atoms with E-state index in [2.05, 4.69) is 24.8 Å². The van der Waals surface area contributed by atoms with Crippen LogP contribution in [0, 0.1) is 17.6 Å². The van der Waals surface area contributed by atoms with E-state index in [0.29, 0.717) is 30.0 Å². The number of anilines is 2. The van der Waals surface area contributed by atoms with Crippen LogP contribution in [0.2, 0.25) is 0 Å². The molecule has 1 saturated carbocycles. The average molecular weight is 471 g/mol. The maximum Gasteiger partial charge on any atom is 0.333 e. The van der Waals surface area contributed by atoms with Crippen LogP contribution in [-0.2, 0) is 20.9 Å². The second kappa shape index (κ2) is 8.83. The van der Waals surface area contributed by atoms with Gasteiger partial charge in [0, 0.05) is 12.0 Å². The summed E-state index contributed by atoms with van der Waals surface area (Å²) in [5.74, 6) is -1.63. The van der Waals surface area contributed by atoms with Gasteiger partial charge >= 0.3 is 10.3 Å². The van der Waals surface area contributed by atoms with E-state index in [1.807, 2.05) is 0 Å². The lowest BCUT2D eigenvalue weighted by molar-refractivity contribution is 0.00778. The summed E-state index contributed by atoms with van der Waals surface area (Å²) in [6, 6.07) is 3.12. The number of rotatable bonds is 7. The second-order valence-corrected chi connectivity index (χ2v) is 9.22. The molecule has 0 amide bonds. The van der Waals surface area contributed by atoms with Gasteiger partial charge in [0.2, 0.25) is 0 Å². The van der Waals surface area contributed by atoms with Crippen molar-refractivity contribution in [1.29, 1.82) is 0 Å². The summed E-state index contributed by atoms with van der Waals surface area (Å²) in [7, 11) is -4.16. The van der Waals surface area contributed by atoms with Crippen LogP contribution in [-0.4, -0.2) is 53.5 Å². The van der Waals surface area contributed by atoms with E-state index in [1.165, 1.54) is 18.5 Å². The number of nitrogens with two attached hydrogens (primary N) is 1. The number of nitrogens with zero attached hydrogens (tertiary/aromatic N) is 2. The topological polar surface area (TPSA) is 160 Å². The van der Waals surface area contributed by atoms with E-state index in [-0.39, 0.29) is 19.1 Å². The lowest BCUT2D eigenvalue weighted by atomic mass is 10.1. The molecule has 6 N–H and O–H groups in total. The third-order valence-electron chi connectivity index (χ3n) is 5.83. The number of halogens is 2. The van der Waals surface area contributed by atoms with Crippen LogP contribution in [0.1, 0.15) is 30.0 Å². The van der Waals surface area contributed by atoms with E-state index in [1.54, 1.807) is 6.07 Å². The zero-order valence-corrected chi connectivity index (χ0v) is 17.6. The molecule has 1 aromatic carbocycles. The summed E-state index contributed by atoms with van der Waals surface area (Å²) in [6.45, 7) is -0.357. The van der Waals surface area contributed by atoms with Gasteiger partial charge in [-0.3, -0.25) is 4.18 Å². The van der Waals surface area contributed by atoms with Crippen molar-refractivity contribution in [3.63, 3.8) is 0 Å². The Balaban J connectivity index is 1.42. The van der Waals surface area contributed by atoms with Gasteiger partial charge in [0.1, 0.15) is 24.1 Å². The Kier molecular flexibility index (Phi) is 6.27. The Hall–Kier alpha value is -2.45. The summed E-state index contributed by atoms with van der Waals surface area (Å²) in [5.41, 5.74) is 1.41. The van der Waals surface area contributed by atoms with Crippen molar-refractivity contribution in [1.82, 2.24) is 9.97 Å². The van der Waals surface area contributed by atoms with Crippen LogP contribution in [0.3, 0.4) is 0 Å². The molecule has 0 spiro atoms. The largest absolute Gasteiger partial charge is 0.390 e. The number of benzene rings is 1. The highest BCUT2D eigenvalue weighted by atomic mass is 32.2. The Morgan fingerprint density at radius 1 is 1.09 bits per heavy atom. The van der Waals surface area contributed by atoms with Gasteiger partial charge in [0.25, 0.3) is 0 Å². The third kappa shape index (κ3) is 4.96. The quantitative estimate of drug-likeness (QED) is 0.389. The van der Waals surface area contributed by atoms with Crippen LogP contribution in [0.4, 0.5) is 20.4 Å². The van der Waals surface area contributed by atoms with Gasteiger partial charge < -0.3 is 20.8 Å². The molecule has 0 saturated heterocycles. The first-order valence-corrected chi connectivity index (χ1v) is 11.4. The van der Waals surface area contributed by atoms with Crippen LogP contribution in [0.5, 0.6) is 0 Å². The Labute approximate surface area is 183 Å². The van der Waals surface area contributed by atoms with E-state index in [0.717, 1.165) is 5.56 Å². The number of hydrogen-bond donors (Lipinski definition) is 5. The molecule has 2 aromatic rings. The molecule has 174 valence electrons. The van der Waals surface area contributed by atoms with Crippen LogP contribution >= 0.6 is 0 Å². The number of hydrogen-bond acceptors (Lipinski definition) is 9. The van der Waals surface area contributed by atoms with Gasteiger partial charge in [-0.15, -0.1) is 0 Å². The number of aliphatic hydroxyl groups is 2. The minimum absolute atomic E-state index is 0.214. The molecule has 0 unspecified atom stereocenters. The predicted octanol–water partition coefficient (Wildman–Crippen LogP) is 0.596. The molecule has 0 bridgehead atoms. The fourth-order valence-electron chi connectivity index (χ4n) is 4.25. The molecule has 1 fully saturated rings. The van der Waals surface area contributed by atoms with Gasteiger partial charge in [-0.2, -0.15) is 8.42 Å². The molecule has 0 aliphatic heterocycles. The number of aliphatic hydroxyl groups excluding tert-OH is 2. The Bertz CT molecular complexity index is 1110. The van der Waals surface area contributed by atoms with Crippen LogP contribution in [0.25, 0.3) is 0 Å². The number of aromatic nitrogens is 2. The molecular weight excluding hydrogens is 448 g/mol. The fourth-order valence-corrected chi connectivity index (χ4v) is 4.61. The minimum atomic E-state index is -4.16. The van der Waals surface area contributed by atoms with E-state index < -0.39 is 46.1 Å². The van der Waals surface area contributed by atoms with Crippen molar-refractivity contribution in [3.8, 4) is 0 Å². The summed E-state index contributed by atoms with van der Waals surface area (Å²) in [4.78, 5) is 8.26. The molecule has 4 rings (SSSR count). The highest BCUT2D eigenvalue weighted by Gasteiger charge is 2.42. The molecule has 13 heteroatoms. The third-order valence-corrected chi connectivity index (χ3v) is 6.30. The number of aryl methyl sites for hydroxylation is 1. The molecule has 5 atom stereocenters. The summed E-state index contributed by atoms with van der Waals surface area (Å²) >= 11 is 0. The molecular formula is C19H23F2N5O5S. The zero-order valence-electron chi connectivity index (χ0n) is 16.8. The SMILES string of the molecule is NS(=O)(=O)OC[C@H]1C[C@@H](Nc2cc(N[C@H]3CCc4cc(F)c(F)cc43)ncn2)[C@H](O)[C@@H]1O. The van der Waals surface area contributed by atoms with Crippen molar-refractivity contribution >= 4 is 21.9 Å². The summed E-state index contributed by atoms with van der Waals surface area (Å²) in [5, 5.41) is 31.5. The molecule has 10 nitrogen and oxygen atoms in total. The normalized spacial score (nSPS) is 27.3. The highest BCUT2D eigenvalue weighted by Crippen LogP contribution is 2.35. The number of fused-ring (bicyclic) bond motifs is 1. The lowest BCUT2D eigenvalue weighted by Crippen LogP contribution is -2.36. The minimum Gasteiger partial charge on any atom is -0.390 e. The van der Waals surface area contributed by atoms with Crippen molar-refractivity contribution in [2.45, 2.75) is 43.6 Å². The first kappa shape index (κ1) is 22.7. The highest BCUT2D eigenvalue weighted by molar-refractivity contribution is 7.84. The standard InChI is InChI=1S/C19H23F2N5O5S/c20-12-3-9-1-2-14(11(9)5-13(12)21)25-16-6-17(24-8-23-16)26-15-4-10(18(27)19(15)28)7-31-32(22,29)30/h3,5-6,8,10,14-15,18-19,27-28H,1-2,4,7H2,(H2,22,29,30)(H2,23,24,25,26)/t10-,14+,15-,18-,19+/m1/s1. The fraction of sp³-hybridized carbons (Fsp3) is 0.474. The average Bonchev–Trinajstić information content (AvgIpc) is 3.22. The van der Waals surface area contributed by atoms with Crippen LogP contribution < -0.4 is 15.8 Å². The van der Waals surface area contributed by atoms with Crippen molar-refractivity contribution in [2.75, 3.05) is 17.2 Å². The van der Waals surface area contributed by atoms with Gasteiger partial charge in [-0.1, -0.05) is 0 Å². The van der Waals surface area contributed by atoms with Crippen molar-refractivity contribution < 1.29 is 31.6 Å².